The number of carbonyl (C=O) groups is 1. The van der Waals surface area contributed by atoms with Gasteiger partial charge in [0.15, 0.2) is 5.78 Å². The summed E-state index contributed by atoms with van der Waals surface area (Å²) >= 11 is 3.36. The molecule has 1 fully saturated rings. The first kappa shape index (κ1) is 10.8. The van der Waals surface area contributed by atoms with E-state index in [9.17, 15) is 4.79 Å². The van der Waals surface area contributed by atoms with Crippen LogP contribution in [-0.4, -0.2) is 11.3 Å². The lowest BCUT2D eigenvalue weighted by Gasteiger charge is -2.21. The summed E-state index contributed by atoms with van der Waals surface area (Å²) in [6, 6.07) is 7.46. The van der Waals surface area contributed by atoms with Gasteiger partial charge in [0.25, 0.3) is 0 Å². The maximum Gasteiger partial charge on any atom is 0.182 e. The van der Waals surface area contributed by atoms with Crippen LogP contribution in [0, 0.1) is 0 Å². The van der Waals surface area contributed by atoms with Crippen molar-refractivity contribution in [1.82, 2.24) is 0 Å². The Kier molecular flexibility index (Phi) is 2.94. The summed E-state index contributed by atoms with van der Waals surface area (Å²) in [5.41, 5.74) is 6.23. The third-order valence-electron chi connectivity index (χ3n) is 3.03. The highest BCUT2D eigenvalue weighted by molar-refractivity contribution is 9.10. The molecular weight excluding hydrogens is 254 g/mol. The molecule has 2 N–H and O–H groups in total. The van der Waals surface area contributed by atoms with Crippen molar-refractivity contribution in [1.29, 1.82) is 0 Å². The van der Waals surface area contributed by atoms with E-state index in [0.29, 0.717) is 5.56 Å². The quantitative estimate of drug-likeness (QED) is 0.838. The van der Waals surface area contributed by atoms with E-state index in [1.807, 2.05) is 24.3 Å². The predicted molar refractivity (Wildman–Crippen MR) is 63.9 cm³/mol. The first-order chi connectivity index (χ1) is 7.12. The maximum atomic E-state index is 12.2. The van der Waals surface area contributed by atoms with Crippen LogP contribution in [-0.2, 0) is 0 Å². The van der Waals surface area contributed by atoms with E-state index in [-0.39, 0.29) is 5.78 Å². The first-order valence-electron chi connectivity index (χ1n) is 5.21. The fourth-order valence-corrected chi connectivity index (χ4v) is 2.55. The number of benzene rings is 1. The van der Waals surface area contributed by atoms with Crippen molar-refractivity contribution < 1.29 is 4.79 Å². The molecule has 15 heavy (non-hydrogen) atoms. The van der Waals surface area contributed by atoms with E-state index < -0.39 is 5.54 Å². The van der Waals surface area contributed by atoms with Gasteiger partial charge in [0.1, 0.15) is 0 Å². The Bertz CT molecular complexity index is 383. The van der Waals surface area contributed by atoms with E-state index in [1.54, 1.807) is 0 Å². The van der Waals surface area contributed by atoms with Gasteiger partial charge in [0, 0.05) is 10.0 Å². The van der Waals surface area contributed by atoms with Gasteiger partial charge in [0.2, 0.25) is 0 Å². The lowest BCUT2D eigenvalue weighted by atomic mass is 9.89. The highest BCUT2D eigenvalue weighted by Gasteiger charge is 2.37. The molecule has 0 bridgehead atoms. The van der Waals surface area contributed by atoms with Gasteiger partial charge in [-0.2, -0.15) is 0 Å². The Labute approximate surface area is 98.0 Å². The van der Waals surface area contributed by atoms with Gasteiger partial charge in [-0.25, -0.2) is 0 Å². The minimum absolute atomic E-state index is 0.0845. The third kappa shape index (κ3) is 2.13. The number of nitrogens with two attached hydrogens (primary N) is 1. The molecule has 0 radical (unpaired) electrons. The summed E-state index contributed by atoms with van der Waals surface area (Å²) in [5.74, 6) is 0.0845. The van der Waals surface area contributed by atoms with Crippen LogP contribution in [0.5, 0.6) is 0 Å². The molecule has 0 amide bonds. The van der Waals surface area contributed by atoms with Gasteiger partial charge in [-0.05, 0) is 25.0 Å². The topological polar surface area (TPSA) is 43.1 Å². The van der Waals surface area contributed by atoms with Crippen molar-refractivity contribution in [2.75, 3.05) is 0 Å². The smallest absolute Gasteiger partial charge is 0.182 e. The number of ketones is 1. The number of Topliss-reactive ketones (excluding diaryl/α,β-unsaturated/α-hetero) is 1. The molecule has 0 heterocycles. The molecule has 1 aliphatic rings. The van der Waals surface area contributed by atoms with E-state index in [1.165, 1.54) is 0 Å². The Morgan fingerprint density at radius 1 is 1.33 bits per heavy atom. The molecule has 1 saturated carbocycles. The van der Waals surface area contributed by atoms with E-state index in [4.69, 9.17) is 5.73 Å². The summed E-state index contributed by atoms with van der Waals surface area (Å²) in [7, 11) is 0. The first-order valence-corrected chi connectivity index (χ1v) is 6.00. The predicted octanol–water partition coefficient (Wildman–Crippen LogP) is 2.90. The monoisotopic (exact) mass is 267 g/mol. The molecule has 0 aliphatic heterocycles. The summed E-state index contributed by atoms with van der Waals surface area (Å²) < 4.78 is 0.926. The van der Waals surface area contributed by atoms with Gasteiger partial charge in [-0.15, -0.1) is 0 Å². The van der Waals surface area contributed by atoms with Crippen LogP contribution in [0.15, 0.2) is 28.7 Å². The zero-order chi connectivity index (χ0) is 10.9. The molecular formula is C12H14BrNO. The van der Waals surface area contributed by atoms with Crippen molar-refractivity contribution in [2.24, 2.45) is 5.73 Å². The molecule has 2 rings (SSSR count). The Hall–Kier alpha value is -0.670. The summed E-state index contributed by atoms with van der Waals surface area (Å²) in [6.45, 7) is 0. The Morgan fingerprint density at radius 2 is 2.00 bits per heavy atom. The van der Waals surface area contributed by atoms with Gasteiger partial charge < -0.3 is 5.73 Å². The minimum Gasteiger partial charge on any atom is -0.319 e. The fourth-order valence-electron chi connectivity index (χ4n) is 2.15. The zero-order valence-corrected chi connectivity index (χ0v) is 10.1. The number of hydrogen-bond donors (Lipinski definition) is 1. The highest BCUT2D eigenvalue weighted by Crippen LogP contribution is 2.30. The fraction of sp³-hybridized carbons (Fsp3) is 0.417. The SMILES string of the molecule is NC1(C(=O)c2cccc(Br)c2)CCCC1. The van der Waals surface area contributed by atoms with Crippen LogP contribution in [0.1, 0.15) is 36.0 Å². The van der Waals surface area contributed by atoms with Gasteiger partial charge in [-0.1, -0.05) is 40.9 Å². The Balaban J connectivity index is 2.27. The van der Waals surface area contributed by atoms with E-state index >= 15 is 0 Å². The summed E-state index contributed by atoms with van der Waals surface area (Å²) in [5, 5.41) is 0. The lowest BCUT2D eigenvalue weighted by Crippen LogP contribution is -2.45. The molecule has 1 aromatic rings. The molecule has 0 unspecified atom stereocenters. The molecule has 1 aromatic carbocycles. The van der Waals surface area contributed by atoms with Crippen LogP contribution < -0.4 is 5.73 Å². The molecule has 0 saturated heterocycles. The van der Waals surface area contributed by atoms with Crippen molar-refractivity contribution in [2.45, 2.75) is 31.2 Å². The molecule has 80 valence electrons. The Morgan fingerprint density at radius 3 is 2.60 bits per heavy atom. The number of rotatable bonds is 2. The van der Waals surface area contributed by atoms with E-state index in [2.05, 4.69) is 15.9 Å². The van der Waals surface area contributed by atoms with Crippen molar-refractivity contribution >= 4 is 21.7 Å². The van der Waals surface area contributed by atoms with Gasteiger partial charge in [0.05, 0.1) is 5.54 Å². The maximum absolute atomic E-state index is 12.2. The minimum atomic E-state index is -0.610. The standard InChI is InChI=1S/C12H14BrNO/c13-10-5-3-4-9(8-10)11(15)12(14)6-1-2-7-12/h3-5,8H,1-2,6-7,14H2. The van der Waals surface area contributed by atoms with Crippen LogP contribution in [0.2, 0.25) is 0 Å². The molecule has 0 spiro atoms. The van der Waals surface area contributed by atoms with Crippen LogP contribution in [0.3, 0.4) is 0 Å². The lowest BCUT2D eigenvalue weighted by molar-refractivity contribution is 0.0892. The number of carbonyl (C=O) groups excluding carboxylic acids is 1. The second kappa shape index (κ2) is 4.06. The average molecular weight is 268 g/mol. The largest absolute Gasteiger partial charge is 0.319 e. The van der Waals surface area contributed by atoms with Crippen LogP contribution in [0.25, 0.3) is 0 Å². The highest BCUT2D eigenvalue weighted by atomic mass is 79.9. The average Bonchev–Trinajstić information content (AvgIpc) is 2.65. The summed E-state index contributed by atoms with van der Waals surface area (Å²) in [6.07, 6.45) is 3.77. The van der Waals surface area contributed by atoms with Crippen LogP contribution >= 0.6 is 15.9 Å². The normalized spacial score (nSPS) is 19.1. The van der Waals surface area contributed by atoms with Gasteiger partial charge >= 0.3 is 0 Å². The van der Waals surface area contributed by atoms with Crippen molar-refractivity contribution in [3.8, 4) is 0 Å². The van der Waals surface area contributed by atoms with Crippen molar-refractivity contribution in [3.05, 3.63) is 34.3 Å². The third-order valence-corrected chi connectivity index (χ3v) is 3.53. The number of halogens is 1. The second-order valence-corrected chi connectivity index (χ2v) is 5.12. The van der Waals surface area contributed by atoms with Crippen LogP contribution in [0.4, 0.5) is 0 Å². The van der Waals surface area contributed by atoms with E-state index in [0.717, 1.165) is 30.2 Å². The molecule has 0 atom stereocenters. The molecule has 1 aliphatic carbocycles. The summed E-state index contributed by atoms with van der Waals surface area (Å²) in [4.78, 5) is 12.2. The second-order valence-electron chi connectivity index (χ2n) is 4.20. The zero-order valence-electron chi connectivity index (χ0n) is 8.50. The van der Waals surface area contributed by atoms with Crippen molar-refractivity contribution in [3.63, 3.8) is 0 Å². The molecule has 2 nitrogen and oxygen atoms in total. The number of hydrogen-bond acceptors (Lipinski definition) is 2. The van der Waals surface area contributed by atoms with Gasteiger partial charge in [-0.3, -0.25) is 4.79 Å². The molecule has 3 heteroatoms. The molecule has 0 aromatic heterocycles.